The van der Waals surface area contributed by atoms with Gasteiger partial charge in [0.15, 0.2) is 0 Å². The van der Waals surface area contributed by atoms with Crippen LogP contribution in [0.15, 0.2) is 60.0 Å². The van der Waals surface area contributed by atoms with Crippen LogP contribution in [0.1, 0.15) is 16.3 Å². The smallest absolute Gasteiger partial charge is 0.249 e. The summed E-state index contributed by atoms with van der Waals surface area (Å²) in [5, 5.41) is 2.54. The largest absolute Gasteiger partial charge is 0.486 e. The lowest BCUT2D eigenvalue weighted by Gasteiger charge is -2.05. The second-order valence-electron chi connectivity index (χ2n) is 5.45. The van der Waals surface area contributed by atoms with E-state index in [1.54, 1.807) is 17.5 Å². The zero-order valence-corrected chi connectivity index (χ0v) is 14.7. The van der Waals surface area contributed by atoms with E-state index in [1.807, 2.05) is 30.3 Å². The van der Waals surface area contributed by atoms with Crippen molar-refractivity contribution in [2.24, 2.45) is 0 Å². The zero-order valence-electron chi connectivity index (χ0n) is 13.9. The first kappa shape index (κ1) is 18.0. The summed E-state index contributed by atoms with van der Waals surface area (Å²) >= 11 is 1.40. The number of nitrogens with zero attached hydrogens (tertiary/aromatic N) is 1. The fourth-order valence-corrected chi connectivity index (χ4v) is 2.85. The number of hydrogen-bond acceptors (Lipinski definition) is 5. The molecule has 3 aromatic rings. The Morgan fingerprint density at radius 3 is 2.62 bits per heavy atom. The average Bonchev–Trinajstić information content (AvgIpc) is 3.09. The first-order valence-corrected chi connectivity index (χ1v) is 8.83. The summed E-state index contributed by atoms with van der Waals surface area (Å²) < 4.78 is 18.4. The highest BCUT2D eigenvalue weighted by Crippen LogP contribution is 2.16. The van der Waals surface area contributed by atoms with Gasteiger partial charge in [-0.15, -0.1) is 11.3 Å². The molecule has 134 valence electrons. The summed E-state index contributed by atoms with van der Waals surface area (Å²) in [5.74, 6) is -0.0122. The second-order valence-corrected chi connectivity index (χ2v) is 6.39. The van der Waals surface area contributed by atoms with Crippen LogP contribution in [0.4, 0.5) is 4.39 Å². The minimum absolute atomic E-state index is 0.127. The summed E-state index contributed by atoms with van der Waals surface area (Å²) in [5.41, 5.74) is 4.03. The van der Waals surface area contributed by atoms with Gasteiger partial charge in [-0.1, -0.05) is 30.3 Å². The fourth-order valence-electron chi connectivity index (χ4n) is 2.15. The quantitative estimate of drug-likeness (QED) is 0.613. The number of carbonyl (C=O) groups excluding carboxylic acids is 1. The Bertz CT molecular complexity index is 838. The number of aromatic nitrogens is 1. The van der Waals surface area contributed by atoms with Crippen molar-refractivity contribution >= 4 is 17.2 Å². The van der Waals surface area contributed by atoms with Crippen molar-refractivity contribution in [3.05, 3.63) is 82.1 Å². The number of hydrogen-bond donors (Lipinski definition) is 1. The lowest BCUT2D eigenvalue weighted by Crippen LogP contribution is -2.25. The summed E-state index contributed by atoms with van der Waals surface area (Å²) in [4.78, 5) is 21.4. The van der Waals surface area contributed by atoms with E-state index in [2.05, 4.69) is 10.5 Å². The van der Waals surface area contributed by atoms with E-state index in [0.717, 1.165) is 10.6 Å². The molecular weight excluding hydrogens is 355 g/mol. The zero-order chi connectivity index (χ0) is 18.2. The molecule has 0 aliphatic heterocycles. The molecule has 0 aliphatic rings. The van der Waals surface area contributed by atoms with Gasteiger partial charge in [0.05, 0.1) is 18.7 Å². The molecule has 1 amide bonds. The molecule has 7 heteroatoms. The van der Waals surface area contributed by atoms with Crippen LogP contribution in [0, 0.1) is 5.82 Å². The number of carbonyl (C=O) groups is 1. The Labute approximate surface area is 154 Å². The summed E-state index contributed by atoms with van der Waals surface area (Å²) in [6, 6.07) is 15.4. The van der Waals surface area contributed by atoms with Gasteiger partial charge in [-0.05, 0) is 29.8 Å². The lowest BCUT2D eigenvalue weighted by atomic mass is 10.2. The molecule has 5 nitrogen and oxygen atoms in total. The number of ether oxygens (including phenoxy) is 1. The van der Waals surface area contributed by atoms with E-state index >= 15 is 0 Å². The SMILES string of the molecule is O=C(Cc1csc(COc2ccc(F)cc2)n1)NOCc1ccccc1. The molecule has 0 fully saturated rings. The van der Waals surface area contributed by atoms with E-state index in [0.29, 0.717) is 18.1 Å². The van der Waals surface area contributed by atoms with Crippen LogP contribution in [0.2, 0.25) is 0 Å². The molecule has 1 N–H and O–H groups in total. The minimum atomic E-state index is -0.311. The van der Waals surface area contributed by atoms with Gasteiger partial charge >= 0.3 is 0 Å². The number of hydroxylamine groups is 1. The highest BCUT2D eigenvalue weighted by molar-refractivity contribution is 7.09. The normalized spacial score (nSPS) is 10.5. The molecule has 0 saturated heterocycles. The molecule has 0 spiro atoms. The van der Waals surface area contributed by atoms with Gasteiger partial charge in [-0.3, -0.25) is 9.63 Å². The number of thiazole rings is 1. The van der Waals surface area contributed by atoms with Gasteiger partial charge in [-0.25, -0.2) is 14.9 Å². The maximum absolute atomic E-state index is 12.8. The molecule has 3 rings (SSSR count). The molecule has 0 bridgehead atoms. The van der Waals surface area contributed by atoms with Crippen molar-refractivity contribution in [1.29, 1.82) is 0 Å². The highest BCUT2D eigenvalue weighted by Gasteiger charge is 2.08. The summed E-state index contributed by atoms with van der Waals surface area (Å²) in [7, 11) is 0. The Morgan fingerprint density at radius 1 is 1.08 bits per heavy atom. The molecular formula is C19H17FN2O3S. The lowest BCUT2D eigenvalue weighted by molar-refractivity contribution is -0.133. The Balaban J connectivity index is 1.41. The number of benzene rings is 2. The van der Waals surface area contributed by atoms with Crippen molar-refractivity contribution in [2.45, 2.75) is 19.6 Å². The monoisotopic (exact) mass is 372 g/mol. The number of rotatable bonds is 8. The van der Waals surface area contributed by atoms with E-state index in [9.17, 15) is 9.18 Å². The van der Waals surface area contributed by atoms with Gasteiger partial charge in [-0.2, -0.15) is 0 Å². The Hall–Kier alpha value is -2.77. The minimum Gasteiger partial charge on any atom is -0.486 e. The van der Waals surface area contributed by atoms with Crippen LogP contribution in [-0.2, 0) is 29.3 Å². The third kappa shape index (κ3) is 5.65. The van der Waals surface area contributed by atoms with Gasteiger partial charge in [0.1, 0.15) is 23.2 Å². The summed E-state index contributed by atoms with van der Waals surface area (Å²) in [6.07, 6.45) is 0.127. The number of nitrogens with one attached hydrogen (secondary N) is 1. The molecule has 1 heterocycles. The van der Waals surface area contributed by atoms with Gasteiger partial charge in [0.2, 0.25) is 5.91 Å². The standard InChI is InChI=1S/C19H17FN2O3S/c20-15-6-8-17(9-7-15)24-12-19-21-16(13-26-19)10-18(23)22-25-11-14-4-2-1-3-5-14/h1-9,13H,10-12H2,(H,22,23). The Kier molecular flexibility index (Phi) is 6.29. The summed E-state index contributed by atoms with van der Waals surface area (Å²) in [6.45, 7) is 0.572. The van der Waals surface area contributed by atoms with E-state index < -0.39 is 0 Å². The average molecular weight is 372 g/mol. The predicted molar refractivity (Wildman–Crippen MR) is 95.9 cm³/mol. The van der Waals surface area contributed by atoms with Crippen molar-refractivity contribution in [3.8, 4) is 5.75 Å². The van der Waals surface area contributed by atoms with E-state index in [-0.39, 0.29) is 24.8 Å². The van der Waals surface area contributed by atoms with Gasteiger partial charge in [0.25, 0.3) is 0 Å². The molecule has 1 aromatic heterocycles. The van der Waals surface area contributed by atoms with Crippen molar-refractivity contribution in [2.75, 3.05) is 0 Å². The Morgan fingerprint density at radius 2 is 1.85 bits per heavy atom. The molecule has 0 saturated carbocycles. The molecule has 0 unspecified atom stereocenters. The van der Waals surface area contributed by atoms with Crippen LogP contribution >= 0.6 is 11.3 Å². The van der Waals surface area contributed by atoms with E-state index in [4.69, 9.17) is 9.57 Å². The van der Waals surface area contributed by atoms with Gasteiger partial charge < -0.3 is 4.74 Å². The van der Waals surface area contributed by atoms with Crippen molar-refractivity contribution in [1.82, 2.24) is 10.5 Å². The number of halogens is 1. The van der Waals surface area contributed by atoms with Crippen LogP contribution < -0.4 is 10.2 Å². The molecule has 26 heavy (non-hydrogen) atoms. The first-order valence-electron chi connectivity index (χ1n) is 7.95. The van der Waals surface area contributed by atoms with Crippen LogP contribution in [0.5, 0.6) is 5.75 Å². The second kappa shape index (κ2) is 9.07. The van der Waals surface area contributed by atoms with Crippen molar-refractivity contribution < 1.29 is 18.8 Å². The number of amides is 1. The van der Waals surface area contributed by atoms with E-state index in [1.165, 1.54) is 23.5 Å². The topological polar surface area (TPSA) is 60.5 Å². The molecule has 0 radical (unpaired) electrons. The third-order valence-corrected chi connectivity index (χ3v) is 4.26. The van der Waals surface area contributed by atoms with Crippen LogP contribution in [0.3, 0.4) is 0 Å². The highest BCUT2D eigenvalue weighted by atomic mass is 32.1. The molecule has 0 atom stereocenters. The fraction of sp³-hybridized carbons (Fsp3) is 0.158. The molecule has 2 aromatic carbocycles. The maximum Gasteiger partial charge on any atom is 0.249 e. The third-order valence-electron chi connectivity index (χ3n) is 3.38. The first-order chi connectivity index (χ1) is 12.7. The molecule has 0 aliphatic carbocycles. The van der Waals surface area contributed by atoms with Gasteiger partial charge in [0, 0.05) is 5.38 Å². The van der Waals surface area contributed by atoms with Crippen LogP contribution in [-0.4, -0.2) is 10.9 Å². The van der Waals surface area contributed by atoms with Crippen LogP contribution in [0.25, 0.3) is 0 Å². The van der Waals surface area contributed by atoms with Crippen molar-refractivity contribution in [3.63, 3.8) is 0 Å². The predicted octanol–water partition coefficient (Wildman–Crippen LogP) is 3.65. The maximum atomic E-state index is 12.8.